The molecule has 0 saturated carbocycles. The van der Waals surface area contributed by atoms with Crippen molar-refractivity contribution in [3.05, 3.63) is 47.8 Å². The lowest BCUT2D eigenvalue weighted by Gasteiger charge is -2.25. The molecular weight excluding hydrogens is 384 g/mol. The van der Waals surface area contributed by atoms with Crippen molar-refractivity contribution in [1.29, 1.82) is 0 Å². The van der Waals surface area contributed by atoms with Gasteiger partial charge in [-0.15, -0.1) is 5.10 Å². The lowest BCUT2D eigenvalue weighted by molar-refractivity contribution is -0.00779. The SMILES string of the molecule is CC(C)[C@@H](OCc1ccccc1)[C@H](C)/C=N/O[C@H](C)c1cn([C@@H]2COC[C@H]2O)nn1. The molecule has 5 atom stereocenters. The molecule has 1 aliphatic heterocycles. The zero-order chi connectivity index (χ0) is 21.5. The first-order valence-corrected chi connectivity index (χ1v) is 10.5. The smallest absolute Gasteiger partial charge is 0.169 e. The van der Waals surface area contributed by atoms with E-state index in [1.807, 2.05) is 25.1 Å². The van der Waals surface area contributed by atoms with Crippen molar-refractivity contribution in [3.8, 4) is 0 Å². The van der Waals surface area contributed by atoms with E-state index in [-0.39, 0.29) is 24.2 Å². The van der Waals surface area contributed by atoms with Crippen LogP contribution in [0.25, 0.3) is 0 Å². The van der Waals surface area contributed by atoms with Gasteiger partial charge < -0.3 is 19.4 Å². The van der Waals surface area contributed by atoms with Gasteiger partial charge in [-0.05, 0) is 18.4 Å². The summed E-state index contributed by atoms with van der Waals surface area (Å²) in [5.74, 6) is 0.426. The van der Waals surface area contributed by atoms with Gasteiger partial charge in [0.15, 0.2) is 6.10 Å². The van der Waals surface area contributed by atoms with Gasteiger partial charge in [0.1, 0.15) is 17.8 Å². The Labute approximate surface area is 177 Å². The zero-order valence-electron chi connectivity index (χ0n) is 18.1. The lowest BCUT2D eigenvalue weighted by Crippen LogP contribution is -2.28. The minimum Gasteiger partial charge on any atom is -0.388 e. The van der Waals surface area contributed by atoms with E-state index in [1.54, 1.807) is 17.1 Å². The molecule has 8 nitrogen and oxygen atoms in total. The summed E-state index contributed by atoms with van der Waals surface area (Å²) in [7, 11) is 0. The van der Waals surface area contributed by atoms with E-state index in [2.05, 4.69) is 48.4 Å². The van der Waals surface area contributed by atoms with E-state index in [1.165, 1.54) is 0 Å². The first-order valence-electron chi connectivity index (χ1n) is 10.5. The molecule has 0 bridgehead atoms. The molecule has 1 aromatic heterocycles. The molecule has 1 N–H and O–H groups in total. The van der Waals surface area contributed by atoms with Gasteiger partial charge in [-0.1, -0.05) is 61.5 Å². The predicted molar refractivity (Wildman–Crippen MR) is 113 cm³/mol. The van der Waals surface area contributed by atoms with Crippen LogP contribution in [0.2, 0.25) is 0 Å². The summed E-state index contributed by atoms with van der Waals surface area (Å²) in [6.45, 7) is 9.53. The number of hydrogen-bond donors (Lipinski definition) is 1. The Balaban J connectivity index is 1.51. The molecule has 1 saturated heterocycles. The number of ether oxygens (including phenoxy) is 2. The Morgan fingerprint density at radius 3 is 2.67 bits per heavy atom. The van der Waals surface area contributed by atoms with Crippen molar-refractivity contribution in [2.45, 2.75) is 58.7 Å². The second-order valence-corrected chi connectivity index (χ2v) is 8.16. The average Bonchev–Trinajstić information content (AvgIpc) is 3.37. The molecule has 1 fully saturated rings. The van der Waals surface area contributed by atoms with Crippen molar-refractivity contribution in [2.24, 2.45) is 17.0 Å². The Bertz CT molecular complexity index is 795. The molecule has 0 spiro atoms. The number of rotatable bonds is 10. The number of aromatic nitrogens is 3. The topological polar surface area (TPSA) is 91.0 Å². The van der Waals surface area contributed by atoms with Gasteiger partial charge in [0.25, 0.3) is 0 Å². The average molecular weight is 417 g/mol. The maximum atomic E-state index is 9.93. The molecule has 0 radical (unpaired) electrons. The Morgan fingerprint density at radius 2 is 2.00 bits per heavy atom. The molecule has 0 amide bonds. The third-order valence-corrected chi connectivity index (χ3v) is 5.28. The normalized spacial score (nSPS) is 22.5. The zero-order valence-corrected chi connectivity index (χ0v) is 18.1. The van der Waals surface area contributed by atoms with E-state index >= 15 is 0 Å². The fraction of sp³-hybridized carbons (Fsp3) is 0.591. The minimum atomic E-state index is -0.571. The van der Waals surface area contributed by atoms with Gasteiger partial charge in [-0.25, -0.2) is 4.68 Å². The molecule has 2 aromatic rings. The van der Waals surface area contributed by atoms with E-state index < -0.39 is 6.10 Å². The van der Waals surface area contributed by atoms with E-state index in [4.69, 9.17) is 14.3 Å². The summed E-state index contributed by atoms with van der Waals surface area (Å²) in [6, 6.07) is 9.94. The summed E-state index contributed by atoms with van der Waals surface area (Å²) in [4.78, 5) is 5.60. The molecule has 3 rings (SSSR count). The fourth-order valence-corrected chi connectivity index (χ4v) is 3.50. The molecule has 1 aliphatic rings. The van der Waals surface area contributed by atoms with Gasteiger partial charge in [0.05, 0.1) is 32.1 Å². The van der Waals surface area contributed by atoms with E-state index in [9.17, 15) is 5.11 Å². The summed E-state index contributed by atoms with van der Waals surface area (Å²) in [6.07, 6.45) is 2.65. The number of benzene rings is 1. The first kappa shape index (κ1) is 22.4. The van der Waals surface area contributed by atoms with Crippen molar-refractivity contribution in [3.63, 3.8) is 0 Å². The van der Waals surface area contributed by atoms with Crippen molar-refractivity contribution in [2.75, 3.05) is 13.2 Å². The second kappa shape index (κ2) is 10.7. The van der Waals surface area contributed by atoms with Crippen molar-refractivity contribution >= 4 is 6.21 Å². The summed E-state index contributed by atoms with van der Waals surface area (Å²) in [5.41, 5.74) is 1.80. The van der Waals surface area contributed by atoms with E-state index in [0.29, 0.717) is 31.4 Å². The van der Waals surface area contributed by atoms with Gasteiger partial charge in [-0.3, -0.25) is 0 Å². The van der Waals surface area contributed by atoms with Crippen LogP contribution in [0, 0.1) is 11.8 Å². The number of nitrogens with zero attached hydrogens (tertiary/aromatic N) is 4. The Hall–Kier alpha value is -2.29. The molecule has 30 heavy (non-hydrogen) atoms. The second-order valence-electron chi connectivity index (χ2n) is 8.16. The van der Waals surface area contributed by atoms with Crippen LogP contribution in [-0.2, 0) is 20.9 Å². The number of aliphatic hydroxyl groups excluding tert-OH is 1. The molecule has 2 heterocycles. The van der Waals surface area contributed by atoms with Gasteiger partial charge in [0.2, 0.25) is 0 Å². The van der Waals surface area contributed by atoms with Crippen LogP contribution < -0.4 is 0 Å². The van der Waals surface area contributed by atoms with Crippen LogP contribution in [0.15, 0.2) is 41.7 Å². The predicted octanol–water partition coefficient (Wildman–Crippen LogP) is 3.15. The molecule has 0 aliphatic carbocycles. The van der Waals surface area contributed by atoms with Gasteiger partial charge in [0, 0.05) is 12.1 Å². The number of oxime groups is 1. The van der Waals surface area contributed by atoms with Crippen LogP contribution in [0.4, 0.5) is 0 Å². The third kappa shape index (κ3) is 5.87. The Morgan fingerprint density at radius 1 is 1.23 bits per heavy atom. The van der Waals surface area contributed by atoms with Crippen LogP contribution >= 0.6 is 0 Å². The minimum absolute atomic E-state index is 0.0255. The molecule has 1 aromatic carbocycles. The highest BCUT2D eigenvalue weighted by Gasteiger charge is 2.29. The van der Waals surface area contributed by atoms with Crippen LogP contribution in [-0.4, -0.2) is 51.7 Å². The monoisotopic (exact) mass is 416 g/mol. The third-order valence-electron chi connectivity index (χ3n) is 5.28. The lowest BCUT2D eigenvalue weighted by atomic mass is 9.95. The van der Waals surface area contributed by atoms with Gasteiger partial charge in [-0.2, -0.15) is 0 Å². The van der Waals surface area contributed by atoms with Gasteiger partial charge >= 0.3 is 0 Å². The van der Waals surface area contributed by atoms with Crippen LogP contribution in [0.5, 0.6) is 0 Å². The van der Waals surface area contributed by atoms with E-state index in [0.717, 1.165) is 5.56 Å². The molecule has 8 heteroatoms. The first-order chi connectivity index (χ1) is 14.5. The highest BCUT2D eigenvalue weighted by atomic mass is 16.6. The number of aliphatic hydroxyl groups is 1. The maximum absolute atomic E-state index is 9.93. The molecule has 0 unspecified atom stereocenters. The number of hydrogen-bond acceptors (Lipinski definition) is 7. The molecular formula is C22H32N4O4. The van der Waals surface area contributed by atoms with Crippen molar-refractivity contribution in [1.82, 2.24) is 15.0 Å². The summed E-state index contributed by atoms with van der Waals surface area (Å²) in [5, 5.41) is 22.3. The molecule has 164 valence electrons. The summed E-state index contributed by atoms with van der Waals surface area (Å²) < 4.78 is 13.1. The Kier molecular flexibility index (Phi) is 7.95. The van der Waals surface area contributed by atoms with Crippen LogP contribution in [0.3, 0.4) is 0 Å². The largest absolute Gasteiger partial charge is 0.388 e. The van der Waals surface area contributed by atoms with Crippen LogP contribution in [0.1, 0.15) is 51.1 Å². The van der Waals surface area contributed by atoms with Crippen molar-refractivity contribution < 1.29 is 19.4 Å². The highest BCUT2D eigenvalue weighted by Crippen LogP contribution is 2.22. The summed E-state index contributed by atoms with van der Waals surface area (Å²) >= 11 is 0. The fourth-order valence-electron chi connectivity index (χ4n) is 3.50. The highest BCUT2D eigenvalue weighted by molar-refractivity contribution is 5.60. The standard InChI is InChI=1S/C22H32N4O4/c1-15(2)22(29-12-18-8-6-5-7-9-18)16(3)10-23-30-17(4)19-11-26(25-24-19)20-13-28-14-21(20)27/h5-11,15-17,20-22,27H,12-14H2,1-4H3/b23-10+/t16-,17-,20-,21-,22-/m1/s1. The quantitative estimate of drug-likeness (QED) is 0.473. The maximum Gasteiger partial charge on any atom is 0.169 e.